The third kappa shape index (κ3) is 5.32. The molecule has 1 aromatic heterocycles. The van der Waals surface area contributed by atoms with Crippen molar-refractivity contribution in [1.82, 2.24) is 9.78 Å². The van der Waals surface area contributed by atoms with Crippen LogP contribution in [-0.4, -0.2) is 24.1 Å². The van der Waals surface area contributed by atoms with Crippen molar-refractivity contribution in [2.75, 3.05) is 10.0 Å². The van der Waals surface area contributed by atoms with E-state index in [9.17, 15) is 13.2 Å². The summed E-state index contributed by atoms with van der Waals surface area (Å²) in [5, 5.41) is 7.20. The van der Waals surface area contributed by atoms with E-state index in [1.807, 2.05) is 19.9 Å². The Bertz CT molecular complexity index is 1470. The summed E-state index contributed by atoms with van der Waals surface area (Å²) in [4.78, 5) is 12.6. The SMILES string of the molecule is Cc1cc(C)n(-c2ccc(C(=O)Nc3ccc(Cl)c(S(=O)(=O)Nc4ccc(Br)cc4)c3)cc2)n1. The molecule has 1 heterocycles. The van der Waals surface area contributed by atoms with Crippen molar-refractivity contribution < 1.29 is 13.2 Å². The van der Waals surface area contributed by atoms with Crippen molar-refractivity contribution in [1.29, 1.82) is 0 Å². The summed E-state index contributed by atoms with van der Waals surface area (Å²) < 4.78 is 30.9. The Morgan fingerprint density at radius 1 is 0.941 bits per heavy atom. The predicted octanol–water partition coefficient (Wildman–Crippen LogP) is 5.96. The van der Waals surface area contributed by atoms with Crippen molar-refractivity contribution in [2.24, 2.45) is 0 Å². The van der Waals surface area contributed by atoms with E-state index < -0.39 is 10.0 Å². The van der Waals surface area contributed by atoms with E-state index in [0.717, 1.165) is 21.5 Å². The molecule has 0 aliphatic heterocycles. The summed E-state index contributed by atoms with van der Waals surface area (Å²) in [7, 11) is -3.98. The first kappa shape index (κ1) is 24.0. The van der Waals surface area contributed by atoms with Crippen molar-refractivity contribution in [3.05, 3.63) is 99.2 Å². The van der Waals surface area contributed by atoms with Crippen molar-refractivity contribution in [2.45, 2.75) is 18.7 Å². The number of nitrogens with one attached hydrogen (secondary N) is 2. The number of halogens is 2. The van der Waals surface area contributed by atoms with Gasteiger partial charge in [0, 0.05) is 27.1 Å². The Hall–Kier alpha value is -3.14. The summed E-state index contributed by atoms with van der Waals surface area (Å²) >= 11 is 9.48. The first-order valence-corrected chi connectivity index (χ1v) is 12.8. The Morgan fingerprint density at radius 3 is 2.21 bits per heavy atom. The van der Waals surface area contributed by atoms with Gasteiger partial charge in [0.25, 0.3) is 15.9 Å². The van der Waals surface area contributed by atoms with Crippen molar-refractivity contribution >= 4 is 54.8 Å². The van der Waals surface area contributed by atoms with Gasteiger partial charge < -0.3 is 5.32 Å². The number of sulfonamides is 1. The second-order valence-corrected chi connectivity index (χ2v) is 10.6. The lowest BCUT2D eigenvalue weighted by atomic mass is 10.2. The number of amides is 1. The molecule has 0 spiro atoms. The maximum absolute atomic E-state index is 12.9. The van der Waals surface area contributed by atoms with Gasteiger partial charge in [-0.2, -0.15) is 5.10 Å². The number of benzene rings is 3. The minimum Gasteiger partial charge on any atom is -0.322 e. The summed E-state index contributed by atoms with van der Waals surface area (Å²) in [6.45, 7) is 3.87. The van der Waals surface area contributed by atoms with Gasteiger partial charge in [-0.3, -0.25) is 9.52 Å². The second kappa shape index (κ2) is 9.61. The highest BCUT2D eigenvalue weighted by molar-refractivity contribution is 9.10. The van der Waals surface area contributed by atoms with E-state index in [0.29, 0.717) is 16.9 Å². The van der Waals surface area contributed by atoms with E-state index in [4.69, 9.17) is 11.6 Å². The van der Waals surface area contributed by atoms with Gasteiger partial charge in [0.05, 0.1) is 16.4 Å². The van der Waals surface area contributed by atoms with Crippen LogP contribution in [0.15, 0.2) is 82.2 Å². The molecule has 0 saturated heterocycles. The first-order chi connectivity index (χ1) is 16.1. The van der Waals surface area contributed by atoms with Gasteiger partial charge in [-0.25, -0.2) is 13.1 Å². The fraction of sp³-hybridized carbons (Fsp3) is 0.0833. The minimum atomic E-state index is -3.98. The van der Waals surface area contributed by atoms with Crippen LogP contribution in [0.5, 0.6) is 0 Å². The largest absolute Gasteiger partial charge is 0.322 e. The first-order valence-electron chi connectivity index (χ1n) is 10.2. The van der Waals surface area contributed by atoms with E-state index in [1.54, 1.807) is 59.3 Å². The van der Waals surface area contributed by atoms with Gasteiger partial charge in [-0.15, -0.1) is 0 Å². The van der Waals surface area contributed by atoms with Crippen LogP contribution in [0.1, 0.15) is 21.7 Å². The molecule has 0 aliphatic rings. The lowest BCUT2D eigenvalue weighted by Crippen LogP contribution is -2.15. The van der Waals surface area contributed by atoms with Gasteiger partial charge in [0.15, 0.2) is 0 Å². The molecule has 0 bridgehead atoms. The van der Waals surface area contributed by atoms with Crippen LogP contribution in [0, 0.1) is 13.8 Å². The van der Waals surface area contributed by atoms with Crippen LogP contribution in [0.3, 0.4) is 0 Å². The number of aromatic nitrogens is 2. The molecule has 2 N–H and O–H groups in total. The monoisotopic (exact) mass is 558 g/mol. The van der Waals surface area contributed by atoms with Gasteiger partial charge in [-0.05, 0) is 86.6 Å². The normalized spacial score (nSPS) is 11.3. The van der Waals surface area contributed by atoms with Crippen LogP contribution in [0.25, 0.3) is 5.69 Å². The maximum atomic E-state index is 12.9. The van der Waals surface area contributed by atoms with Crippen LogP contribution < -0.4 is 10.0 Å². The number of hydrogen-bond acceptors (Lipinski definition) is 4. The van der Waals surface area contributed by atoms with Gasteiger partial charge in [0.1, 0.15) is 4.90 Å². The Morgan fingerprint density at radius 2 is 1.59 bits per heavy atom. The predicted molar refractivity (Wildman–Crippen MR) is 137 cm³/mol. The van der Waals surface area contributed by atoms with Gasteiger partial charge in [0.2, 0.25) is 0 Å². The minimum absolute atomic E-state index is 0.0387. The molecule has 10 heteroatoms. The molecule has 0 aliphatic carbocycles. The van der Waals surface area contributed by atoms with E-state index >= 15 is 0 Å². The highest BCUT2D eigenvalue weighted by atomic mass is 79.9. The highest BCUT2D eigenvalue weighted by Crippen LogP contribution is 2.28. The lowest BCUT2D eigenvalue weighted by Gasteiger charge is -2.12. The molecule has 3 aromatic carbocycles. The summed E-state index contributed by atoms with van der Waals surface area (Å²) in [5.74, 6) is -0.383. The zero-order valence-corrected chi connectivity index (χ0v) is 21.4. The topological polar surface area (TPSA) is 93.1 Å². The zero-order valence-electron chi connectivity index (χ0n) is 18.2. The third-order valence-electron chi connectivity index (χ3n) is 4.96. The zero-order chi connectivity index (χ0) is 24.5. The Kier molecular flexibility index (Phi) is 6.79. The summed E-state index contributed by atoms with van der Waals surface area (Å²) in [5.41, 5.74) is 3.83. The molecular weight excluding hydrogens is 540 g/mol. The van der Waals surface area contributed by atoms with Gasteiger partial charge >= 0.3 is 0 Å². The number of hydrogen-bond donors (Lipinski definition) is 2. The van der Waals surface area contributed by atoms with Crippen LogP contribution >= 0.6 is 27.5 Å². The number of anilines is 2. The van der Waals surface area contributed by atoms with E-state index in [1.165, 1.54) is 12.1 Å². The molecule has 34 heavy (non-hydrogen) atoms. The van der Waals surface area contributed by atoms with Crippen LogP contribution in [0.4, 0.5) is 11.4 Å². The average Bonchev–Trinajstić information content (AvgIpc) is 3.14. The second-order valence-electron chi connectivity index (χ2n) is 7.60. The molecule has 7 nitrogen and oxygen atoms in total. The molecular formula is C24H20BrClN4O3S. The quantitative estimate of drug-likeness (QED) is 0.305. The fourth-order valence-corrected chi connectivity index (χ4v) is 5.21. The standard InChI is InChI=1S/C24H20BrClN4O3S/c1-15-13-16(2)30(28-15)21-10-3-17(4-11-21)24(31)27-20-9-12-22(26)23(14-20)34(32,33)29-19-7-5-18(25)6-8-19/h3-14,29H,1-2H3,(H,27,31). The van der Waals surface area contributed by atoms with Crippen LogP contribution in [-0.2, 0) is 10.0 Å². The number of nitrogens with zero attached hydrogens (tertiary/aromatic N) is 2. The molecule has 0 radical (unpaired) electrons. The Labute approximate surface area is 210 Å². The van der Waals surface area contributed by atoms with Crippen molar-refractivity contribution in [3.8, 4) is 5.69 Å². The molecule has 0 atom stereocenters. The summed E-state index contributed by atoms with van der Waals surface area (Å²) in [6, 6.07) is 19.9. The van der Waals surface area contributed by atoms with Crippen LogP contribution in [0.2, 0.25) is 5.02 Å². The van der Waals surface area contributed by atoms with E-state index in [2.05, 4.69) is 31.1 Å². The third-order valence-corrected chi connectivity index (χ3v) is 7.35. The number of carbonyl (C=O) groups excluding carboxylic acids is 1. The maximum Gasteiger partial charge on any atom is 0.263 e. The lowest BCUT2D eigenvalue weighted by molar-refractivity contribution is 0.102. The number of rotatable bonds is 6. The molecule has 0 unspecified atom stereocenters. The fourth-order valence-electron chi connectivity index (χ4n) is 3.36. The van der Waals surface area contributed by atoms with Crippen molar-refractivity contribution in [3.63, 3.8) is 0 Å². The molecule has 4 rings (SSSR count). The molecule has 174 valence electrons. The highest BCUT2D eigenvalue weighted by Gasteiger charge is 2.20. The molecule has 0 saturated carbocycles. The Balaban J connectivity index is 1.53. The summed E-state index contributed by atoms with van der Waals surface area (Å²) in [6.07, 6.45) is 0. The number of carbonyl (C=O) groups is 1. The van der Waals surface area contributed by atoms with E-state index in [-0.39, 0.29) is 15.8 Å². The average molecular weight is 560 g/mol. The molecule has 1 amide bonds. The smallest absolute Gasteiger partial charge is 0.263 e. The number of aryl methyl sites for hydroxylation is 2. The molecule has 0 fully saturated rings. The molecule has 4 aromatic rings. The van der Waals surface area contributed by atoms with Gasteiger partial charge in [-0.1, -0.05) is 27.5 Å².